The van der Waals surface area contributed by atoms with Crippen LogP contribution < -0.4 is 4.90 Å². The lowest BCUT2D eigenvalue weighted by Crippen LogP contribution is -2.16. The van der Waals surface area contributed by atoms with Gasteiger partial charge in [-0.05, 0) is 97.2 Å². The summed E-state index contributed by atoms with van der Waals surface area (Å²) >= 11 is 0. The minimum absolute atomic E-state index is 0.151. The monoisotopic (exact) mass is 639 g/mol. The van der Waals surface area contributed by atoms with Gasteiger partial charge in [-0.1, -0.05) is 166 Å². The van der Waals surface area contributed by atoms with E-state index < -0.39 is 0 Å². The lowest BCUT2D eigenvalue weighted by atomic mass is 9.79. The number of fused-ring (bicyclic) bond motifs is 5. The van der Waals surface area contributed by atoms with Gasteiger partial charge in [0.05, 0.1) is 5.69 Å². The van der Waals surface area contributed by atoms with Crippen LogP contribution in [0, 0.1) is 0 Å². The molecule has 0 unspecified atom stereocenters. The zero-order valence-electron chi connectivity index (χ0n) is 28.3. The highest BCUT2D eigenvalue weighted by atomic mass is 15.1. The summed E-state index contributed by atoms with van der Waals surface area (Å²) in [5.41, 5.74) is 16.0. The van der Waals surface area contributed by atoms with E-state index in [1.807, 2.05) is 0 Å². The third kappa shape index (κ3) is 4.94. The Morgan fingerprint density at radius 2 is 0.880 bits per heavy atom. The Balaban J connectivity index is 1.27. The van der Waals surface area contributed by atoms with Crippen molar-refractivity contribution in [3.63, 3.8) is 0 Å². The second-order valence-corrected chi connectivity index (χ2v) is 13.7. The van der Waals surface area contributed by atoms with Gasteiger partial charge in [-0.3, -0.25) is 0 Å². The standard InChI is InChI=1S/C49H37N/c1-49(2)46-31-30-39(32-44(46)45-33-43(37-20-10-5-11-21-37)41-23-12-13-24-42(41)48(45)49)50(38-28-26-35(27-29-38)34-16-6-3-7-17-34)47-25-15-14-22-40(47)36-18-8-4-9-19-36/h3-33H,1-2H3. The Morgan fingerprint density at radius 1 is 0.360 bits per heavy atom. The predicted molar refractivity (Wildman–Crippen MR) is 213 cm³/mol. The second kappa shape index (κ2) is 12.1. The Kier molecular flexibility index (Phi) is 7.21. The summed E-state index contributed by atoms with van der Waals surface area (Å²) in [4.78, 5) is 2.43. The molecule has 1 aliphatic carbocycles. The highest BCUT2D eigenvalue weighted by Crippen LogP contribution is 2.55. The highest BCUT2D eigenvalue weighted by Gasteiger charge is 2.38. The Morgan fingerprint density at radius 3 is 1.56 bits per heavy atom. The van der Waals surface area contributed by atoms with E-state index in [-0.39, 0.29) is 5.41 Å². The number of nitrogens with zero attached hydrogens (tertiary/aromatic N) is 1. The maximum Gasteiger partial charge on any atom is 0.0540 e. The molecule has 238 valence electrons. The molecule has 0 radical (unpaired) electrons. The molecule has 0 aliphatic heterocycles. The van der Waals surface area contributed by atoms with Gasteiger partial charge in [0.2, 0.25) is 0 Å². The fourth-order valence-electron chi connectivity index (χ4n) is 8.08. The highest BCUT2D eigenvalue weighted by molar-refractivity contribution is 6.06. The van der Waals surface area contributed by atoms with Crippen molar-refractivity contribution in [1.29, 1.82) is 0 Å². The van der Waals surface area contributed by atoms with Gasteiger partial charge in [0, 0.05) is 22.4 Å². The van der Waals surface area contributed by atoms with E-state index in [9.17, 15) is 0 Å². The number of anilines is 3. The van der Waals surface area contributed by atoms with Gasteiger partial charge >= 0.3 is 0 Å². The van der Waals surface area contributed by atoms with Gasteiger partial charge in [-0.15, -0.1) is 0 Å². The molecule has 8 aromatic rings. The topological polar surface area (TPSA) is 3.24 Å². The number of rotatable bonds is 6. The molecule has 1 aliphatic rings. The molecule has 0 N–H and O–H groups in total. The predicted octanol–water partition coefficient (Wildman–Crippen LogP) is 13.6. The molecular weight excluding hydrogens is 603 g/mol. The van der Waals surface area contributed by atoms with E-state index >= 15 is 0 Å². The zero-order chi connectivity index (χ0) is 33.7. The van der Waals surface area contributed by atoms with Crippen molar-refractivity contribution in [2.24, 2.45) is 0 Å². The maximum atomic E-state index is 2.45. The molecule has 0 aromatic heterocycles. The molecule has 0 heterocycles. The fraction of sp³-hybridized carbons (Fsp3) is 0.0612. The van der Waals surface area contributed by atoms with Gasteiger partial charge in [-0.25, -0.2) is 0 Å². The second-order valence-electron chi connectivity index (χ2n) is 13.7. The Bertz CT molecular complexity index is 2480. The smallest absolute Gasteiger partial charge is 0.0540 e. The van der Waals surface area contributed by atoms with Crippen LogP contribution in [0.25, 0.3) is 55.3 Å². The zero-order valence-corrected chi connectivity index (χ0v) is 28.3. The molecule has 1 nitrogen and oxygen atoms in total. The molecule has 0 bridgehead atoms. The summed E-state index contributed by atoms with van der Waals surface area (Å²) in [5, 5.41) is 2.63. The normalized spacial score (nSPS) is 12.8. The van der Waals surface area contributed by atoms with Crippen LogP contribution in [0.1, 0.15) is 25.0 Å². The minimum Gasteiger partial charge on any atom is -0.310 e. The van der Waals surface area contributed by atoms with Crippen LogP contribution in [-0.2, 0) is 5.41 Å². The summed E-state index contributed by atoms with van der Waals surface area (Å²) < 4.78 is 0. The van der Waals surface area contributed by atoms with E-state index in [0.29, 0.717) is 0 Å². The summed E-state index contributed by atoms with van der Waals surface area (Å²) in [5.74, 6) is 0. The lowest BCUT2D eigenvalue weighted by Gasteiger charge is -2.29. The molecule has 0 saturated carbocycles. The van der Waals surface area contributed by atoms with Crippen LogP contribution in [0.2, 0.25) is 0 Å². The number of benzene rings is 8. The van der Waals surface area contributed by atoms with Crippen molar-refractivity contribution >= 4 is 27.8 Å². The summed E-state index contributed by atoms with van der Waals surface area (Å²) in [7, 11) is 0. The minimum atomic E-state index is -0.151. The molecule has 0 saturated heterocycles. The van der Waals surface area contributed by atoms with Crippen molar-refractivity contribution in [1.82, 2.24) is 0 Å². The molecule has 9 rings (SSSR count). The molecule has 0 spiro atoms. The number of hydrogen-bond acceptors (Lipinski definition) is 1. The average Bonchev–Trinajstić information content (AvgIpc) is 3.41. The van der Waals surface area contributed by atoms with Crippen LogP contribution in [-0.4, -0.2) is 0 Å². The Labute approximate surface area is 294 Å². The van der Waals surface area contributed by atoms with E-state index in [1.165, 1.54) is 66.4 Å². The first-order valence-electron chi connectivity index (χ1n) is 17.4. The van der Waals surface area contributed by atoms with Crippen LogP contribution in [0.15, 0.2) is 188 Å². The quantitative estimate of drug-likeness (QED) is 0.175. The van der Waals surface area contributed by atoms with Gasteiger partial charge in [0.1, 0.15) is 0 Å². The maximum absolute atomic E-state index is 2.45. The first-order chi connectivity index (χ1) is 24.6. The van der Waals surface area contributed by atoms with Crippen molar-refractivity contribution in [3.8, 4) is 44.5 Å². The number of hydrogen-bond donors (Lipinski definition) is 0. The summed E-state index contributed by atoms with van der Waals surface area (Å²) in [6, 6.07) is 68.5. The molecule has 0 amide bonds. The van der Waals surface area contributed by atoms with E-state index in [1.54, 1.807) is 0 Å². The van der Waals surface area contributed by atoms with Gasteiger partial charge in [0.15, 0.2) is 0 Å². The lowest BCUT2D eigenvalue weighted by molar-refractivity contribution is 0.666. The fourth-order valence-corrected chi connectivity index (χ4v) is 8.08. The van der Waals surface area contributed by atoms with Gasteiger partial charge in [-0.2, -0.15) is 0 Å². The molecule has 8 aromatic carbocycles. The van der Waals surface area contributed by atoms with Gasteiger partial charge < -0.3 is 4.90 Å². The SMILES string of the molecule is CC1(C)c2ccc(N(c3ccc(-c4ccccc4)cc3)c3ccccc3-c3ccccc3)cc2-c2cc(-c3ccccc3)c3ccccc3c21. The van der Waals surface area contributed by atoms with E-state index in [4.69, 9.17) is 0 Å². The first kappa shape index (κ1) is 29.9. The van der Waals surface area contributed by atoms with Crippen molar-refractivity contribution < 1.29 is 0 Å². The van der Waals surface area contributed by atoms with Crippen LogP contribution in [0.5, 0.6) is 0 Å². The Hall–Kier alpha value is -6.18. The van der Waals surface area contributed by atoms with Crippen LogP contribution >= 0.6 is 0 Å². The number of para-hydroxylation sites is 1. The summed E-state index contributed by atoms with van der Waals surface area (Å²) in [6.07, 6.45) is 0. The molecule has 1 heteroatoms. The molecule has 0 atom stereocenters. The third-order valence-corrected chi connectivity index (χ3v) is 10.4. The van der Waals surface area contributed by atoms with Crippen LogP contribution in [0.3, 0.4) is 0 Å². The van der Waals surface area contributed by atoms with E-state index in [2.05, 4.69) is 207 Å². The van der Waals surface area contributed by atoms with Crippen molar-refractivity contribution in [2.75, 3.05) is 4.90 Å². The van der Waals surface area contributed by atoms with Crippen molar-refractivity contribution in [2.45, 2.75) is 19.3 Å². The molecular formula is C49H37N. The first-order valence-corrected chi connectivity index (χ1v) is 17.4. The van der Waals surface area contributed by atoms with E-state index in [0.717, 1.165) is 17.1 Å². The van der Waals surface area contributed by atoms with Crippen molar-refractivity contribution in [3.05, 3.63) is 199 Å². The van der Waals surface area contributed by atoms with Crippen LogP contribution in [0.4, 0.5) is 17.1 Å². The largest absolute Gasteiger partial charge is 0.310 e. The average molecular weight is 640 g/mol. The molecule has 0 fully saturated rings. The summed E-state index contributed by atoms with van der Waals surface area (Å²) in [6.45, 7) is 4.77. The van der Waals surface area contributed by atoms with Gasteiger partial charge in [0.25, 0.3) is 0 Å². The third-order valence-electron chi connectivity index (χ3n) is 10.4. The molecule has 50 heavy (non-hydrogen) atoms.